The molecule has 21 heavy (non-hydrogen) atoms. The zero-order chi connectivity index (χ0) is 14.6. The highest BCUT2D eigenvalue weighted by Crippen LogP contribution is 2.26. The summed E-state index contributed by atoms with van der Waals surface area (Å²) in [5.74, 6) is 1.08. The van der Waals surface area contributed by atoms with E-state index in [0.29, 0.717) is 22.7 Å². The summed E-state index contributed by atoms with van der Waals surface area (Å²) in [6.45, 7) is 2.46. The third-order valence-electron chi connectivity index (χ3n) is 3.43. The third kappa shape index (κ3) is 5.10. The molecule has 1 unspecified atom stereocenters. The van der Waals surface area contributed by atoms with Crippen LogP contribution >= 0.6 is 28.3 Å². The predicted molar refractivity (Wildman–Crippen MR) is 88.7 cm³/mol. The Hall–Kier alpha value is -0.340. The van der Waals surface area contributed by atoms with E-state index in [1.54, 1.807) is 12.1 Å². The minimum atomic E-state index is -3.51. The molecule has 1 saturated heterocycles. The van der Waals surface area contributed by atoms with Crippen molar-refractivity contribution in [2.24, 2.45) is 5.92 Å². The first-order valence-electron chi connectivity index (χ1n) is 6.57. The Morgan fingerprint density at radius 3 is 2.86 bits per heavy atom. The van der Waals surface area contributed by atoms with E-state index in [1.807, 2.05) is 0 Å². The van der Waals surface area contributed by atoms with Gasteiger partial charge in [0.05, 0.1) is 12.0 Å². The molecular weight excluding hydrogens is 380 g/mol. The van der Waals surface area contributed by atoms with Crippen LogP contribution in [0, 0.1) is 5.92 Å². The maximum Gasteiger partial charge on any atom is 0.241 e. The van der Waals surface area contributed by atoms with E-state index in [0.717, 1.165) is 25.9 Å². The number of benzene rings is 1. The van der Waals surface area contributed by atoms with E-state index >= 15 is 0 Å². The lowest BCUT2D eigenvalue weighted by molar-refractivity contribution is 0.413. The minimum absolute atomic E-state index is 0. The summed E-state index contributed by atoms with van der Waals surface area (Å²) in [4.78, 5) is 0.210. The van der Waals surface area contributed by atoms with Gasteiger partial charge in [-0.05, 0) is 59.9 Å². The highest BCUT2D eigenvalue weighted by molar-refractivity contribution is 9.10. The topological polar surface area (TPSA) is 67.4 Å². The first-order valence-corrected chi connectivity index (χ1v) is 8.84. The summed E-state index contributed by atoms with van der Waals surface area (Å²) in [5, 5.41) is 3.27. The van der Waals surface area contributed by atoms with E-state index in [9.17, 15) is 8.42 Å². The van der Waals surface area contributed by atoms with Crippen LogP contribution in [0.5, 0.6) is 5.75 Å². The van der Waals surface area contributed by atoms with Crippen LogP contribution in [0.15, 0.2) is 27.6 Å². The van der Waals surface area contributed by atoms with Crippen LogP contribution in [0.25, 0.3) is 0 Å². The second-order valence-corrected chi connectivity index (χ2v) is 7.43. The molecule has 1 aliphatic heterocycles. The van der Waals surface area contributed by atoms with Crippen LogP contribution in [0.3, 0.4) is 0 Å². The molecule has 2 N–H and O–H groups in total. The number of halogens is 2. The third-order valence-corrected chi connectivity index (χ3v) is 5.89. The molecule has 0 bridgehead atoms. The Labute approximate surface area is 140 Å². The maximum atomic E-state index is 12.3. The van der Waals surface area contributed by atoms with Crippen molar-refractivity contribution in [3.8, 4) is 5.75 Å². The summed E-state index contributed by atoms with van der Waals surface area (Å²) in [5.41, 5.74) is 0. The largest absolute Gasteiger partial charge is 0.497 e. The van der Waals surface area contributed by atoms with Gasteiger partial charge >= 0.3 is 0 Å². The molecule has 0 radical (unpaired) electrons. The Morgan fingerprint density at radius 2 is 2.24 bits per heavy atom. The molecule has 0 spiro atoms. The van der Waals surface area contributed by atoms with Crippen LogP contribution in [0.4, 0.5) is 0 Å². The van der Waals surface area contributed by atoms with Gasteiger partial charge in [0.1, 0.15) is 5.75 Å². The Morgan fingerprint density at radius 1 is 1.48 bits per heavy atom. The van der Waals surface area contributed by atoms with Crippen LogP contribution < -0.4 is 14.8 Å². The molecule has 1 aliphatic rings. The first kappa shape index (κ1) is 18.7. The normalized spacial score (nSPS) is 18.3. The maximum absolute atomic E-state index is 12.3. The van der Waals surface area contributed by atoms with Crippen molar-refractivity contribution in [1.29, 1.82) is 0 Å². The monoisotopic (exact) mass is 398 g/mol. The fraction of sp³-hybridized carbons (Fsp3) is 0.538. The lowest BCUT2D eigenvalue weighted by atomic mass is 10.1. The van der Waals surface area contributed by atoms with Crippen molar-refractivity contribution >= 4 is 38.4 Å². The molecule has 1 aromatic rings. The number of sulfonamides is 1. The second-order valence-electron chi connectivity index (χ2n) is 4.84. The van der Waals surface area contributed by atoms with E-state index < -0.39 is 10.0 Å². The first-order chi connectivity index (χ1) is 9.53. The van der Waals surface area contributed by atoms with Crippen molar-refractivity contribution in [3.05, 3.63) is 22.7 Å². The Kier molecular flexibility index (Phi) is 7.42. The van der Waals surface area contributed by atoms with Crippen molar-refractivity contribution in [2.45, 2.75) is 17.7 Å². The van der Waals surface area contributed by atoms with Crippen molar-refractivity contribution in [3.63, 3.8) is 0 Å². The Balaban J connectivity index is 0.00000220. The quantitative estimate of drug-likeness (QED) is 0.769. The molecular formula is C13H20BrClN2O3S. The predicted octanol–water partition coefficient (Wildman–Crippen LogP) is 2.16. The lowest BCUT2D eigenvalue weighted by Gasteiger charge is -2.12. The highest BCUT2D eigenvalue weighted by Gasteiger charge is 2.20. The van der Waals surface area contributed by atoms with E-state index in [-0.39, 0.29) is 17.3 Å². The number of rotatable bonds is 6. The van der Waals surface area contributed by atoms with Gasteiger partial charge in [-0.3, -0.25) is 0 Å². The fourth-order valence-electron chi connectivity index (χ4n) is 2.25. The molecule has 1 aromatic carbocycles. The number of nitrogens with one attached hydrogen (secondary N) is 2. The van der Waals surface area contributed by atoms with Gasteiger partial charge in [0, 0.05) is 17.1 Å². The number of hydrogen-bond donors (Lipinski definition) is 2. The summed E-state index contributed by atoms with van der Waals surface area (Å²) < 4.78 is 32.8. The molecule has 1 fully saturated rings. The average Bonchev–Trinajstić information content (AvgIpc) is 2.92. The van der Waals surface area contributed by atoms with Gasteiger partial charge in [-0.15, -0.1) is 12.4 Å². The van der Waals surface area contributed by atoms with Gasteiger partial charge in [-0.1, -0.05) is 0 Å². The van der Waals surface area contributed by atoms with Gasteiger partial charge in [0.15, 0.2) is 0 Å². The van der Waals surface area contributed by atoms with Gasteiger partial charge < -0.3 is 10.1 Å². The average molecular weight is 400 g/mol. The smallest absolute Gasteiger partial charge is 0.241 e. The number of hydrogen-bond acceptors (Lipinski definition) is 4. The van der Waals surface area contributed by atoms with Gasteiger partial charge in [-0.2, -0.15) is 0 Å². The molecule has 2 rings (SSSR count). The number of ether oxygens (including phenoxy) is 1. The highest BCUT2D eigenvalue weighted by atomic mass is 79.9. The van der Waals surface area contributed by atoms with Crippen LogP contribution in [-0.4, -0.2) is 35.2 Å². The zero-order valence-corrected chi connectivity index (χ0v) is 15.0. The van der Waals surface area contributed by atoms with Crippen molar-refractivity contribution in [2.75, 3.05) is 26.7 Å². The van der Waals surface area contributed by atoms with E-state index in [2.05, 4.69) is 26.0 Å². The fourth-order valence-corrected chi connectivity index (χ4v) is 4.28. The number of methoxy groups -OCH3 is 1. The second kappa shape index (κ2) is 8.33. The minimum Gasteiger partial charge on any atom is -0.497 e. The molecule has 1 heterocycles. The van der Waals surface area contributed by atoms with E-state index in [4.69, 9.17) is 4.74 Å². The van der Waals surface area contributed by atoms with Gasteiger partial charge in [-0.25, -0.2) is 13.1 Å². The molecule has 0 amide bonds. The molecule has 120 valence electrons. The molecule has 0 aromatic heterocycles. The lowest BCUT2D eigenvalue weighted by Crippen LogP contribution is -2.27. The molecule has 0 aliphatic carbocycles. The summed E-state index contributed by atoms with van der Waals surface area (Å²) >= 11 is 3.27. The van der Waals surface area contributed by atoms with Crippen LogP contribution in [0.2, 0.25) is 0 Å². The van der Waals surface area contributed by atoms with Crippen molar-refractivity contribution in [1.82, 2.24) is 10.0 Å². The Bertz CT molecular complexity index is 563. The van der Waals surface area contributed by atoms with E-state index in [1.165, 1.54) is 13.2 Å². The summed E-state index contributed by atoms with van der Waals surface area (Å²) in [6, 6.07) is 4.91. The standard InChI is InChI=1S/C13H19BrN2O3S.ClH/c1-19-11-2-3-12(14)13(8-11)20(17,18)16-7-5-10-4-6-15-9-10;/h2-3,8,10,15-16H,4-7,9H2,1H3;1H. The molecule has 8 heteroatoms. The molecule has 0 saturated carbocycles. The molecule has 5 nitrogen and oxygen atoms in total. The summed E-state index contributed by atoms with van der Waals surface area (Å²) in [6.07, 6.45) is 1.97. The zero-order valence-electron chi connectivity index (χ0n) is 11.8. The molecule has 1 atom stereocenters. The van der Waals surface area contributed by atoms with Gasteiger partial charge in [0.25, 0.3) is 0 Å². The van der Waals surface area contributed by atoms with Gasteiger partial charge in [0.2, 0.25) is 10.0 Å². The van der Waals surface area contributed by atoms with Crippen molar-refractivity contribution < 1.29 is 13.2 Å². The summed E-state index contributed by atoms with van der Waals surface area (Å²) in [7, 11) is -2.00. The van der Waals surface area contributed by atoms with Crippen LogP contribution in [0.1, 0.15) is 12.8 Å². The SMILES string of the molecule is COc1ccc(Br)c(S(=O)(=O)NCCC2CCNC2)c1.Cl. The van der Waals surface area contributed by atoms with Crippen LogP contribution in [-0.2, 0) is 10.0 Å².